The molecule has 0 saturated heterocycles. The summed E-state index contributed by atoms with van der Waals surface area (Å²) in [5, 5.41) is 9.59. The van der Waals surface area contributed by atoms with E-state index in [1.165, 1.54) is 0 Å². The highest BCUT2D eigenvalue weighted by molar-refractivity contribution is 6.30. The molecule has 0 aliphatic rings. The lowest BCUT2D eigenvalue weighted by molar-refractivity contribution is 0.262. The SMILES string of the molecule is CC(C)COc1ccc(Cl)cc1CCO. The molecule has 15 heavy (non-hydrogen) atoms. The van der Waals surface area contributed by atoms with Crippen molar-refractivity contribution in [3.63, 3.8) is 0 Å². The molecule has 1 rings (SSSR count). The topological polar surface area (TPSA) is 29.5 Å². The summed E-state index contributed by atoms with van der Waals surface area (Å²) in [6, 6.07) is 5.50. The molecule has 0 heterocycles. The Balaban J connectivity index is 2.76. The maximum atomic E-state index is 8.91. The van der Waals surface area contributed by atoms with E-state index in [0.29, 0.717) is 24.0 Å². The van der Waals surface area contributed by atoms with Crippen LogP contribution in [0.15, 0.2) is 18.2 Å². The van der Waals surface area contributed by atoms with Gasteiger partial charge in [-0.25, -0.2) is 0 Å². The highest BCUT2D eigenvalue weighted by Crippen LogP contribution is 2.23. The first-order valence-corrected chi connectivity index (χ1v) is 5.53. The maximum absolute atomic E-state index is 8.91. The van der Waals surface area contributed by atoms with E-state index in [0.717, 1.165) is 11.3 Å². The van der Waals surface area contributed by atoms with Crippen LogP contribution in [0.5, 0.6) is 5.75 Å². The molecule has 0 aliphatic carbocycles. The molecular formula is C12H17ClO2. The number of aliphatic hydroxyl groups is 1. The Bertz CT molecular complexity index is 310. The van der Waals surface area contributed by atoms with Gasteiger partial charge in [-0.15, -0.1) is 0 Å². The van der Waals surface area contributed by atoms with Gasteiger partial charge in [-0.2, -0.15) is 0 Å². The first kappa shape index (κ1) is 12.3. The number of rotatable bonds is 5. The Morgan fingerprint density at radius 2 is 2.13 bits per heavy atom. The predicted octanol–water partition coefficient (Wildman–Crippen LogP) is 2.91. The van der Waals surface area contributed by atoms with Crippen LogP contribution in [0.25, 0.3) is 0 Å². The van der Waals surface area contributed by atoms with Gasteiger partial charge in [0, 0.05) is 11.6 Å². The van der Waals surface area contributed by atoms with E-state index in [4.69, 9.17) is 21.4 Å². The summed E-state index contributed by atoms with van der Waals surface area (Å²) in [4.78, 5) is 0. The lowest BCUT2D eigenvalue weighted by Crippen LogP contribution is -2.06. The van der Waals surface area contributed by atoms with Crippen molar-refractivity contribution >= 4 is 11.6 Å². The van der Waals surface area contributed by atoms with Gasteiger partial charge in [0.05, 0.1) is 6.61 Å². The fraction of sp³-hybridized carbons (Fsp3) is 0.500. The molecule has 0 saturated carbocycles. The van der Waals surface area contributed by atoms with Crippen LogP contribution in [0.3, 0.4) is 0 Å². The van der Waals surface area contributed by atoms with Gasteiger partial charge in [0.1, 0.15) is 5.75 Å². The Labute approximate surface area is 95.8 Å². The average molecular weight is 229 g/mol. The van der Waals surface area contributed by atoms with Crippen LogP contribution in [0.4, 0.5) is 0 Å². The number of benzene rings is 1. The molecule has 84 valence electrons. The van der Waals surface area contributed by atoms with Crippen LogP contribution in [0, 0.1) is 5.92 Å². The van der Waals surface area contributed by atoms with Gasteiger partial charge in [0.25, 0.3) is 0 Å². The molecule has 3 heteroatoms. The van der Waals surface area contributed by atoms with Crippen LogP contribution in [0.2, 0.25) is 5.02 Å². The molecule has 0 radical (unpaired) electrons. The third-order valence-electron chi connectivity index (χ3n) is 1.98. The van der Waals surface area contributed by atoms with Crippen molar-refractivity contribution in [3.8, 4) is 5.75 Å². The highest BCUT2D eigenvalue weighted by Gasteiger charge is 2.05. The fourth-order valence-electron chi connectivity index (χ4n) is 1.26. The smallest absolute Gasteiger partial charge is 0.122 e. The molecule has 0 amide bonds. The standard InChI is InChI=1S/C12H17ClO2/c1-9(2)8-15-12-4-3-11(13)7-10(12)5-6-14/h3-4,7,9,14H,5-6,8H2,1-2H3. The summed E-state index contributed by atoms with van der Waals surface area (Å²) in [6.07, 6.45) is 0.577. The molecule has 0 bridgehead atoms. The largest absolute Gasteiger partial charge is 0.493 e. The van der Waals surface area contributed by atoms with Gasteiger partial charge < -0.3 is 9.84 Å². The number of hydrogen-bond donors (Lipinski definition) is 1. The van der Waals surface area contributed by atoms with E-state index >= 15 is 0 Å². The second-order valence-corrected chi connectivity index (χ2v) is 4.37. The van der Waals surface area contributed by atoms with E-state index in [9.17, 15) is 0 Å². The molecule has 1 N–H and O–H groups in total. The van der Waals surface area contributed by atoms with E-state index in [1.54, 1.807) is 6.07 Å². The molecular weight excluding hydrogens is 212 g/mol. The summed E-state index contributed by atoms with van der Waals surface area (Å²) in [5.41, 5.74) is 0.964. The van der Waals surface area contributed by atoms with Crippen molar-refractivity contribution < 1.29 is 9.84 Å². The third kappa shape index (κ3) is 4.10. The summed E-state index contributed by atoms with van der Waals surface area (Å²) in [6.45, 7) is 4.99. The van der Waals surface area contributed by atoms with Crippen molar-refractivity contribution in [2.24, 2.45) is 5.92 Å². The molecule has 1 aromatic rings. The van der Waals surface area contributed by atoms with Crippen LogP contribution in [-0.2, 0) is 6.42 Å². The summed E-state index contributed by atoms with van der Waals surface area (Å²) in [5.74, 6) is 1.31. The minimum absolute atomic E-state index is 0.110. The van der Waals surface area contributed by atoms with Crippen molar-refractivity contribution in [1.29, 1.82) is 0 Å². The van der Waals surface area contributed by atoms with E-state index in [1.807, 2.05) is 12.1 Å². The van der Waals surface area contributed by atoms with Gasteiger partial charge in [0.2, 0.25) is 0 Å². The lowest BCUT2D eigenvalue weighted by Gasteiger charge is -2.12. The third-order valence-corrected chi connectivity index (χ3v) is 2.21. The van der Waals surface area contributed by atoms with Crippen molar-refractivity contribution in [2.75, 3.05) is 13.2 Å². The van der Waals surface area contributed by atoms with Crippen molar-refractivity contribution in [3.05, 3.63) is 28.8 Å². The minimum Gasteiger partial charge on any atom is -0.493 e. The second kappa shape index (κ2) is 5.99. The number of ether oxygens (including phenoxy) is 1. The normalized spacial score (nSPS) is 10.7. The molecule has 0 spiro atoms. The van der Waals surface area contributed by atoms with E-state index in [-0.39, 0.29) is 6.61 Å². The van der Waals surface area contributed by atoms with Crippen LogP contribution < -0.4 is 4.74 Å². The maximum Gasteiger partial charge on any atom is 0.122 e. The Morgan fingerprint density at radius 3 is 2.73 bits per heavy atom. The molecule has 1 aromatic carbocycles. The van der Waals surface area contributed by atoms with Gasteiger partial charge in [-0.3, -0.25) is 0 Å². The first-order valence-electron chi connectivity index (χ1n) is 5.15. The van der Waals surface area contributed by atoms with Gasteiger partial charge in [-0.05, 0) is 36.1 Å². The average Bonchev–Trinajstić information content (AvgIpc) is 2.17. The molecule has 2 nitrogen and oxygen atoms in total. The number of hydrogen-bond acceptors (Lipinski definition) is 2. The van der Waals surface area contributed by atoms with Crippen LogP contribution in [-0.4, -0.2) is 18.3 Å². The first-order chi connectivity index (χ1) is 7.13. The van der Waals surface area contributed by atoms with Gasteiger partial charge >= 0.3 is 0 Å². The van der Waals surface area contributed by atoms with E-state index in [2.05, 4.69) is 13.8 Å². The minimum atomic E-state index is 0.110. The predicted molar refractivity (Wildman–Crippen MR) is 62.6 cm³/mol. The monoisotopic (exact) mass is 228 g/mol. The van der Waals surface area contributed by atoms with Crippen LogP contribution >= 0.6 is 11.6 Å². The van der Waals surface area contributed by atoms with Crippen molar-refractivity contribution in [1.82, 2.24) is 0 Å². The zero-order chi connectivity index (χ0) is 11.3. The summed E-state index contributed by atoms with van der Waals surface area (Å²) >= 11 is 5.88. The Hall–Kier alpha value is -0.730. The number of halogens is 1. The molecule has 0 aromatic heterocycles. The molecule has 0 unspecified atom stereocenters. The summed E-state index contributed by atoms with van der Waals surface area (Å²) < 4.78 is 5.64. The highest BCUT2D eigenvalue weighted by atomic mass is 35.5. The van der Waals surface area contributed by atoms with Gasteiger partial charge in [-0.1, -0.05) is 25.4 Å². The van der Waals surface area contributed by atoms with Crippen molar-refractivity contribution in [2.45, 2.75) is 20.3 Å². The second-order valence-electron chi connectivity index (χ2n) is 3.93. The molecule has 0 aliphatic heterocycles. The number of aliphatic hydroxyl groups excluding tert-OH is 1. The zero-order valence-corrected chi connectivity index (χ0v) is 9.92. The van der Waals surface area contributed by atoms with Crippen LogP contribution in [0.1, 0.15) is 19.4 Å². The summed E-state index contributed by atoms with van der Waals surface area (Å²) in [7, 11) is 0. The zero-order valence-electron chi connectivity index (χ0n) is 9.16. The molecule has 0 fully saturated rings. The molecule has 0 atom stereocenters. The Kier molecular flexibility index (Phi) is 4.92. The van der Waals surface area contributed by atoms with Gasteiger partial charge in [0.15, 0.2) is 0 Å². The fourth-order valence-corrected chi connectivity index (χ4v) is 1.46. The Morgan fingerprint density at radius 1 is 1.40 bits per heavy atom. The van der Waals surface area contributed by atoms with E-state index < -0.39 is 0 Å². The lowest BCUT2D eigenvalue weighted by atomic mass is 10.1. The quantitative estimate of drug-likeness (QED) is 0.840.